The molecule has 20 heavy (non-hydrogen) atoms. The summed E-state index contributed by atoms with van der Waals surface area (Å²) in [4.78, 5) is 14.8. The molecule has 0 aromatic heterocycles. The van der Waals surface area contributed by atoms with Crippen molar-refractivity contribution in [3.05, 3.63) is 11.6 Å². The minimum Gasteiger partial charge on any atom is -0.466 e. The number of ether oxygens (including phenoxy) is 1. The fourth-order valence-corrected chi connectivity index (χ4v) is 2.13. The Morgan fingerprint density at radius 1 is 1.20 bits per heavy atom. The van der Waals surface area contributed by atoms with E-state index in [2.05, 4.69) is 4.74 Å². The van der Waals surface area contributed by atoms with Gasteiger partial charge in [-0.15, -0.1) is 0 Å². The topological polar surface area (TPSA) is 32.8 Å². The molecule has 0 bridgehead atoms. The predicted molar refractivity (Wildman–Crippen MR) is 69.3 cm³/mol. The number of hydrogen-bond acceptors (Lipinski definition) is 4. The molecule has 1 fully saturated rings. The van der Waals surface area contributed by atoms with Crippen LogP contribution in [-0.2, 0) is 9.53 Å². The van der Waals surface area contributed by atoms with E-state index < -0.39 is 12.7 Å². The van der Waals surface area contributed by atoms with Crippen molar-refractivity contribution in [2.75, 3.05) is 46.4 Å². The van der Waals surface area contributed by atoms with Crippen molar-refractivity contribution >= 4 is 5.97 Å². The van der Waals surface area contributed by atoms with Crippen LogP contribution in [0.3, 0.4) is 0 Å². The second-order valence-electron chi connectivity index (χ2n) is 4.77. The Bertz CT molecular complexity index is 348. The zero-order valence-electron chi connectivity index (χ0n) is 11.9. The molecule has 1 heterocycles. The lowest BCUT2D eigenvalue weighted by molar-refractivity contribution is -0.149. The van der Waals surface area contributed by atoms with Gasteiger partial charge in [0.1, 0.15) is 0 Å². The Hall–Kier alpha value is -1.08. The first-order valence-corrected chi connectivity index (χ1v) is 6.64. The smallest absolute Gasteiger partial charge is 0.401 e. The molecular formula is C13H21F3N2O2. The van der Waals surface area contributed by atoms with Crippen molar-refractivity contribution in [3.8, 4) is 0 Å². The van der Waals surface area contributed by atoms with Gasteiger partial charge in [0, 0.05) is 38.3 Å². The second kappa shape index (κ2) is 7.64. The van der Waals surface area contributed by atoms with Crippen molar-refractivity contribution in [3.63, 3.8) is 0 Å². The van der Waals surface area contributed by atoms with Crippen LogP contribution in [0.4, 0.5) is 13.2 Å². The van der Waals surface area contributed by atoms with Gasteiger partial charge in [-0.2, -0.15) is 13.2 Å². The van der Waals surface area contributed by atoms with E-state index in [4.69, 9.17) is 0 Å². The highest BCUT2D eigenvalue weighted by Gasteiger charge is 2.31. The Morgan fingerprint density at radius 3 is 2.20 bits per heavy atom. The number of piperazine rings is 1. The van der Waals surface area contributed by atoms with Gasteiger partial charge in [-0.3, -0.25) is 9.80 Å². The van der Waals surface area contributed by atoms with Crippen LogP contribution in [-0.4, -0.2) is 68.3 Å². The van der Waals surface area contributed by atoms with Gasteiger partial charge in [0.15, 0.2) is 0 Å². The number of nitrogens with zero attached hydrogens (tertiary/aromatic N) is 2. The average Bonchev–Trinajstić information content (AvgIpc) is 2.39. The molecule has 0 aromatic carbocycles. The number of hydrogen-bond donors (Lipinski definition) is 0. The molecule has 116 valence electrons. The molecule has 0 atom stereocenters. The summed E-state index contributed by atoms with van der Waals surface area (Å²) >= 11 is 0. The molecule has 1 saturated heterocycles. The van der Waals surface area contributed by atoms with Crippen LogP contribution in [0, 0.1) is 0 Å². The van der Waals surface area contributed by atoms with Crippen LogP contribution in [0.1, 0.15) is 13.3 Å². The van der Waals surface area contributed by atoms with Crippen LogP contribution in [0.25, 0.3) is 0 Å². The van der Waals surface area contributed by atoms with E-state index in [9.17, 15) is 18.0 Å². The number of carbonyl (C=O) groups is 1. The number of carbonyl (C=O) groups excluding carboxylic acids is 1. The van der Waals surface area contributed by atoms with Crippen molar-refractivity contribution in [2.45, 2.75) is 19.5 Å². The van der Waals surface area contributed by atoms with Gasteiger partial charge >= 0.3 is 12.1 Å². The molecule has 0 spiro atoms. The van der Waals surface area contributed by atoms with E-state index in [0.717, 1.165) is 0 Å². The fraction of sp³-hybridized carbons (Fsp3) is 0.769. The van der Waals surface area contributed by atoms with E-state index >= 15 is 0 Å². The van der Waals surface area contributed by atoms with E-state index in [-0.39, 0.29) is 5.97 Å². The highest BCUT2D eigenvalue weighted by Crippen LogP contribution is 2.17. The van der Waals surface area contributed by atoms with Crippen LogP contribution in [0.5, 0.6) is 0 Å². The molecular weight excluding hydrogens is 273 g/mol. The summed E-state index contributed by atoms with van der Waals surface area (Å²) in [5.41, 5.74) is 0.602. The molecule has 0 radical (unpaired) electrons. The zero-order chi connectivity index (χ0) is 15.2. The minimum atomic E-state index is -4.14. The van der Waals surface area contributed by atoms with Crippen LogP contribution >= 0.6 is 0 Å². The number of esters is 1. The van der Waals surface area contributed by atoms with Gasteiger partial charge in [-0.05, 0) is 6.42 Å². The first-order chi connectivity index (χ1) is 9.35. The summed E-state index contributed by atoms with van der Waals surface area (Å²) in [6.07, 6.45) is -1.76. The lowest BCUT2D eigenvalue weighted by Crippen LogP contribution is -2.49. The van der Waals surface area contributed by atoms with E-state index in [1.165, 1.54) is 12.0 Å². The Balaban J connectivity index is 2.39. The second-order valence-corrected chi connectivity index (χ2v) is 4.77. The quantitative estimate of drug-likeness (QED) is 0.570. The van der Waals surface area contributed by atoms with Crippen LogP contribution in [0.15, 0.2) is 11.6 Å². The lowest BCUT2D eigenvalue weighted by Gasteiger charge is -2.34. The first kappa shape index (κ1) is 17.0. The summed E-state index contributed by atoms with van der Waals surface area (Å²) in [5, 5.41) is 0. The molecule has 4 nitrogen and oxygen atoms in total. The normalized spacial score (nSPS) is 19.1. The van der Waals surface area contributed by atoms with Crippen molar-refractivity contribution < 1.29 is 22.7 Å². The number of rotatable bonds is 5. The fourth-order valence-electron chi connectivity index (χ4n) is 2.13. The monoisotopic (exact) mass is 294 g/mol. The third-order valence-electron chi connectivity index (χ3n) is 3.29. The average molecular weight is 294 g/mol. The van der Waals surface area contributed by atoms with Crippen molar-refractivity contribution in [2.24, 2.45) is 0 Å². The highest BCUT2D eigenvalue weighted by molar-refractivity contribution is 5.88. The largest absolute Gasteiger partial charge is 0.466 e. The van der Waals surface area contributed by atoms with Gasteiger partial charge in [-0.25, -0.2) is 4.79 Å². The maximum absolute atomic E-state index is 12.2. The molecule has 1 rings (SSSR count). The van der Waals surface area contributed by atoms with E-state index in [0.29, 0.717) is 44.7 Å². The first-order valence-electron chi connectivity index (χ1n) is 6.64. The molecule has 0 aliphatic carbocycles. The molecule has 1 aliphatic heterocycles. The Morgan fingerprint density at radius 2 is 1.75 bits per heavy atom. The lowest BCUT2D eigenvalue weighted by atomic mass is 10.2. The maximum atomic E-state index is 12.2. The highest BCUT2D eigenvalue weighted by atomic mass is 19.4. The maximum Gasteiger partial charge on any atom is 0.401 e. The summed E-state index contributed by atoms with van der Waals surface area (Å²) in [7, 11) is 1.34. The molecule has 0 aromatic rings. The third-order valence-corrected chi connectivity index (χ3v) is 3.29. The summed E-state index contributed by atoms with van der Waals surface area (Å²) in [6.45, 7) is 3.52. The molecule has 0 unspecified atom stereocenters. The molecule has 1 aliphatic rings. The van der Waals surface area contributed by atoms with Gasteiger partial charge in [0.2, 0.25) is 0 Å². The zero-order valence-corrected chi connectivity index (χ0v) is 11.9. The van der Waals surface area contributed by atoms with Gasteiger partial charge in [0.25, 0.3) is 0 Å². The number of alkyl halides is 3. The van der Waals surface area contributed by atoms with E-state index in [1.54, 1.807) is 6.08 Å². The molecule has 0 saturated carbocycles. The molecule has 0 amide bonds. The third kappa shape index (κ3) is 5.92. The standard InChI is InChI=1S/C13H21F3N2O2/c1-3-11(12(19)20-2)4-5-17-6-8-18(9-7-17)10-13(14,15)16/h4H,3,5-10H2,1-2H3. The minimum absolute atomic E-state index is 0.344. The summed E-state index contributed by atoms with van der Waals surface area (Å²) in [6, 6.07) is 0. The van der Waals surface area contributed by atoms with Gasteiger partial charge in [0.05, 0.1) is 13.7 Å². The van der Waals surface area contributed by atoms with Gasteiger partial charge in [-0.1, -0.05) is 13.0 Å². The van der Waals surface area contributed by atoms with Gasteiger partial charge < -0.3 is 4.74 Å². The summed E-state index contributed by atoms with van der Waals surface area (Å²) in [5.74, 6) is -0.344. The SMILES string of the molecule is CCC(=CCN1CCN(CC(F)(F)F)CC1)C(=O)OC. The Kier molecular flexibility index (Phi) is 6.48. The Labute approximate surface area is 117 Å². The van der Waals surface area contributed by atoms with Crippen molar-refractivity contribution in [1.82, 2.24) is 9.80 Å². The van der Waals surface area contributed by atoms with Crippen LogP contribution in [0.2, 0.25) is 0 Å². The van der Waals surface area contributed by atoms with E-state index in [1.807, 2.05) is 11.8 Å². The number of methoxy groups -OCH3 is 1. The number of halogens is 3. The predicted octanol–water partition coefficient (Wildman–Crippen LogP) is 1.68. The molecule has 7 heteroatoms. The molecule has 0 N–H and O–H groups in total. The van der Waals surface area contributed by atoms with Crippen molar-refractivity contribution in [1.29, 1.82) is 0 Å². The summed E-state index contributed by atoms with van der Waals surface area (Å²) < 4.78 is 41.4. The van der Waals surface area contributed by atoms with Crippen LogP contribution < -0.4 is 0 Å².